The second-order valence-electron chi connectivity index (χ2n) is 5.91. The van der Waals surface area contributed by atoms with Crippen LogP contribution in [0.25, 0.3) is 0 Å². The van der Waals surface area contributed by atoms with Crippen molar-refractivity contribution in [2.75, 3.05) is 20.2 Å². The maximum absolute atomic E-state index is 11.7. The van der Waals surface area contributed by atoms with Crippen LogP contribution >= 0.6 is 0 Å². The van der Waals surface area contributed by atoms with E-state index in [4.69, 9.17) is 10.1 Å². The number of likely N-dealkylation sites (N-methyl/N-ethyl adjacent to an activating group) is 1. The van der Waals surface area contributed by atoms with Gasteiger partial charge < -0.3 is 9.64 Å². The zero-order valence-corrected chi connectivity index (χ0v) is 13.7. The Morgan fingerprint density at radius 1 is 0.955 bits per heavy atom. The average molecular weight is 311 g/mol. The predicted molar refractivity (Wildman–Crippen MR) is 85.6 cm³/mol. The van der Waals surface area contributed by atoms with Crippen molar-refractivity contribution in [3.05, 3.63) is 0 Å². The number of esters is 1. The van der Waals surface area contributed by atoms with E-state index in [0.717, 1.165) is 25.7 Å². The minimum Gasteiger partial charge on any atom is -0.464 e. The number of amides is 1. The predicted octanol–water partition coefficient (Wildman–Crippen LogP) is 2.43. The molecule has 0 saturated carbocycles. The first-order valence-corrected chi connectivity index (χ1v) is 8.35. The van der Waals surface area contributed by atoms with E-state index in [0.29, 0.717) is 13.0 Å². The number of hydrogen-bond donors (Lipinski definition) is 2. The molecule has 0 unspecified atom stereocenters. The number of rotatable bonds is 0. The zero-order valence-electron chi connectivity index (χ0n) is 13.7. The van der Waals surface area contributed by atoms with Crippen molar-refractivity contribution < 1.29 is 14.3 Å². The Kier molecular flexibility index (Phi) is 9.26. The highest BCUT2D eigenvalue weighted by molar-refractivity contribution is 5.96. The van der Waals surface area contributed by atoms with E-state index >= 15 is 0 Å². The normalized spacial score (nSPS) is 21.5. The summed E-state index contributed by atoms with van der Waals surface area (Å²) < 4.78 is 5.14. The van der Waals surface area contributed by atoms with Gasteiger partial charge in [0.15, 0.2) is 5.96 Å². The van der Waals surface area contributed by atoms with Gasteiger partial charge in [-0.15, -0.1) is 0 Å². The number of nitrogens with zero attached hydrogens (tertiary/aromatic N) is 1. The first-order chi connectivity index (χ1) is 10.6. The first kappa shape index (κ1) is 18.5. The van der Waals surface area contributed by atoms with Gasteiger partial charge in [-0.05, 0) is 12.8 Å². The molecular weight excluding hydrogens is 282 g/mol. The maximum atomic E-state index is 11.7. The number of carbonyl (C=O) groups excluding carboxylic acids is 2. The van der Waals surface area contributed by atoms with Gasteiger partial charge in [0.2, 0.25) is 5.91 Å². The highest BCUT2D eigenvalue weighted by Crippen LogP contribution is 2.11. The molecule has 0 aromatic heterocycles. The molecule has 22 heavy (non-hydrogen) atoms. The van der Waals surface area contributed by atoms with Gasteiger partial charge in [0.05, 0.1) is 6.61 Å². The van der Waals surface area contributed by atoms with E-state index in [9.17, 15) is 9.59 Å². The van der Waals surface area contributed by atoms with E-state index in [1.807, 2.05) is 0 Å². The quantitative estimate of drug-likeness (QED) is 0.673. The highest BCUT2D eigenvalue weighted by Gasteiger charge is 2.13. The smallest absolute Gasteiger partial charge is 0.325 e. The molecule has 0 spiro atoms. The molecule has 1 heterocycles. The molecule has 0 bridgehead atoms. The Balaban J connectivity index is 2.42. The van der Waals surface area contributed by atoms with Gasteiger partial charge in [0.25, 0.3) is 0 Å². The summed E-state index contributed by atoms with van der Waals surface area (Å²) in [5, 5.41) is 10.3. The molecule has 2 N–H and O–H groups in total. The molecule has 0 atom stereocenters. The van der Waals surface area contributed by atoms with Gasteiger partial charge in [-0.2, -0.15) is 0 Å². The van der Waals surface area contributed by atoms with Crippen molar-refractivity contribution in [2.45, 2.75) is 64.2 Å². The summed E-state index contributed by atoms with van der Waals surface area (Å²) in [5.41, 5.74) is 0. The monoisotopic (exact) mass is 311 g/mol. The number of hydrogen-bond acceptors (Lipinski definition) is 4. The number of guanidine groups is 1. The third-order valence-corrected chi connectivity index (χ3v) is 3.82. The molecule has 1 saturated heterocycles. The number of carbonyl (C=O) groups is 2. The Bertz CT molecular complexity index is 372. The van der Waals surface area contributed by atoms with Gasteiger partial charge in [-0.25, -0.2) is 0 Å². The van der Waals surface area contributed by atoms with E-state index in [-0.39, 0.29) is 24.4 Å². The van der Waals surface area contributed by atoms with Crippen LogP contribution < -0.4 is 5.32 Å². The SMILES string of the molecule is CN1CC(=O)OCCCCCCCCCCCC(=O)NC1=N. The van der Waals surface area contributed by atoms with Gasteiger partial charge >= 0.3 is 5.97 Å². The Hall–Kier alpha value is -1.59. The van der Waals surface area contributed by atoms with Crippen LogP contribution in [-0.2, 0) is 14.3 Å². The van der Waals surface area contributed by atoms with Crippen molar-refractivity contribution in [1.82, 2.24) is 10.2 Å². The zero-order chi connectivity index (χ0) is 16.2. The molecule has 0 radical (unpaired) electrons. The van der Waals surface area contributed by atoms with Gasteiger partial charge in [0.1, 0.15) is 6.54 Å². The van der Waals surface area contributed by atoms with E-state index in [1.165, 1.54) is 37.0 Å². The molecule has 0 aliphatic carbocycles. The lowest BCUT2D eigenvalue weighted by atomic mass is 10.1. The first-order valence-electron chi connectivity index (χ1n) is 8.35. The molecule has 126 valence electrons. The van der Waals surface area contributed by atoms with Crippen molar-refractivity contribution in [2.24, 2.45) is 0 Å². The Morgan fingerprint density at radius 3 is 2.14 bits per heavy atom. The van der Waals surface area contributed by atoms with Crippen LogP contribution in [0.1, 0.15) is 64.2 Å². The number of cyclic esters (lactones) is 1. The number of nitrogens with one attached hydrogen (secondary N) is 2. The summed E-state index contributed by atoms with van der Waals surface area (Å²) in [6, 6.07) is 0. The fraction of sp³-hybridized carbons (Fsp3) is 0.812. The maximum Gasteiger partial charge on any atom is 0.325 e. The molecule has 0 aromatic rings. The van der Waals surface area contributed by atoms with Crippen molar-refractivity contribution >= 4 is 17.8 Å². The van der Waals surface area contributed by atoms with Crippen LogP contribution in [0.2, 0.25) is 0 Å². The summed E-state index contributed by atoms with van der Waals surface area (Å²) in [6.45, 7) is 0.422. The van der Waals surface area contributed by atoms with Crippen molar-refractivity contribution in [3.8, 4) is 0 Å². The van der Waals surface area contributed by atoms with Gasteiger partial charge in [-0.1, -0.05) is 44.9 Å². The van der Waals surface area contributed by atoms with Crippen LogP contribution in [0.4, 0.5) is 0 Å². The summed E-state index contributed by atoms with van der Waals surface area (Å²) in [4.78, 5) is 24.8. The Labute approximate surface area is 133 Å². The standard InChI is InChI=1S/C16H29N3O3/c1-19-13-15(21)22-12-10-8-6-4-2-3-5-7-9-11-14(20)18-16(19)17/h2-13H2,1H3,(H2,17,18,20). The van der Waals surface area contributed by atoms with Crippen LogP contribution in [-0.4, -0.2) is 42.9 Å². The van der Waals surface area contributed by atoms with Crippen molar-refractivity contribution in [3.63, 3.8) is 0 Å². The highest BCUT2D eigenvalue weighted by atomic mass is 16.5. The van der Waals surface area contributed by atoms with Crippen molar-refractivity contribution in [1.29, 1.82) is 5.41 Å². The average Bonchev–Trinajstić information content (AvgIpc) is 2.47. The Morgan fingerprint density at radius 2 is 1.50 bits per heavy atom. The minimum atomic E-state index is -0.359. The van der Waals surface area contributed by atoms with Crippen LogP contribution in [0, 0.1) is 5.41 Å². The fourth-order valence-corrected chi connectivity index (χ4v) is 2.42. The fourth-order valence-electron chi connectivity index (χ4n) is 2.42. The largest absolute Gasteiger partial charge is 0.464 e. The molecule has 0 aromatic carbocycles. The topological polar surface area (TPSA) is 82.5 Å². The van der Waals surface area contributed by atoms with Gasteiger partial charge in [-0.3, -0.25) is 20.3 Å². The molecule has 1 aliphatic rings. The second-order valence-corrected chi connectivity index (χ2v) is 5.91. The van der Waals surface area contributed by atoms with E-state index in [1.54, 1.807) is 7.05 Å². The molecule has 1 rings (SSSR count). The van der Waals surface area contributed by atoms with Crippen LogP contribution in [0.15, 0.2) is 0 Å². The summed E-state index contributed by atoms with van der Waals surface area (Å²) in [6.07, 6.45) is 10.4. The lowest BCUT2D eigenvalue weighted by Gasteiger charge is -2.19. The van der Waals surface area contributed by atoms with Crippen LogP contribution in [0.3, 0.4) is 0 Å². The summed E-state index contributed by atoms with van der Waals surface area (Å²) in [7, 11) is 1.60. The number of ether oxygens (including phenoxy) is 1. The third-order valence-electron chi connectivity index (χ3n) is 3.82. The summed E-state index contributed by atoms with van der Waals surface area (Å²) in [5.74, 6) is -0.572. The van der Waals surface area contributed by atoms with E-state index < -0.39 is 0 Å². The molecule has 1 amide bonds. The molecular formula is C16H29N3O3. The third kappa shape index (κ3) is 8.64. The van der Waals surface area contributed by atoms with E-state index in [2.05, 4.69) is 5.32 Å². The second kappa shape index (κ2) is 11.0. The molecule has 6 nitrogen and oxygen atoms in total. The van der Waals surface area contributed by atoms with Gasteiger partial charge in [0, 0.05) is 13.5 Å². The molecule has 6 heteroatoms. The lowest BCUT2D eigenvalue weighted by molar-refractivity contribution is -0.144. The molecule has 1 aliphatic heterocycles. The summed E-state index contributed by atoms with van der Waals surface area (Å²) >= 11 is 0. The minimum absolute atomic E-state index is 0.0148. The molecule has 1 fully saturated rings. The lowest BCUT2D eigenvalue weighted by Crippen LogP contribution is -2.43. The van der Waals surface area contributed by atoms with Crippen LogP contribution in [0.5, 0.6) is 0 Å².